The highest BCUT2D eigenvalue weighted by molar-refractivity contribution is 9.10. The minimum Gasteiger partial charge on any atom is -0.264 e. The minimum absolute atomic E-state index is 0.341. The maximum absolute atomic E-state index is 13.6. The van der Waals surface area contributed by atoms with Crippen molar-refractivity contribution in [1.29, 1.82) is 0 Å². The highest BCUT2D eigenvalue weighted by atomic mass is 79.9. The smallest absolute Gasteiger partial charge is 0.212 e. The zero-order chi connectivity index (χ0) is 20.9. The number of halogens is 2. The molecule has 0 atom stereocenters. The maximum Gasteiger partial charge on any atom is 0.212 e. The van der Waals surface area contributed by atoms with E-state index in [1.807, 2.05) is 42.5 Å². The summed E-state index contributed by atoms with van der Waals surface area (Å²) in [4.78, 5) is 11.7. The standard InChI is InChI=1S/C22H13Br2N2O2S2/c23-14-1-2-21-18(11-14)19-12-15(24)13-20(22(19)30(21,27)28)29(16-3-7-25-8-4-16)17-5-9-26-10-6-17/h1-13H/q+1. The molecule has 0 saturated heterocycles. The summed E-state index contributed by atoms with van der Waals surface area (Å²) < 4.78 is 28.9. The molecular weight excluding hydrogens is 548 g/mol. The van der Waals surface area contributed by atoms with Crippen molar-refractivity contribution >= 4 is 52.6 Å². The third-order valence-corrected chi connectivity index (χ3v) is 10.0. The van der Waals surface area contributed by atoms with E-state index in [2.05, 4.69) is 41.8 Å². The molecule has 0 bridgehead atoms. The lowest BCUT2D eigenvalue weighted by Gasteiger charge is -2.12. The van der Waals surface area contributed by atoms with E-state index in [1.165, 1.54) is 0 Å². The van der Waals surface area contributed by atoms with E-state index in [4.69, 9.17) is 0 Å². The molecule has 1 aliphatic heterocycles. The molecule has 1 aliphatic rings. The van der Waals surface area contributed by atoms with Crippen LogP contribution in [0.4, 0.5) is 0 Å². The van der Waals surface area contributed by atoms with Gasteiger partial charge in [0.15, 0.2) is 14.7 Å². The second-order valence-corrected chi connectivity index (χ2v) is 12.3. The molecule has 0 radical (unpaired) electrons. The molecule has 5 rings (SSSR count). The number of hydrogen-bond acceptors (Lipinski definition) is 4. The van der Waals surface area contributed by atoms with Crippen molar-refractivity contribution in [3.8, 4) is 11.1 Å². The van der Waals surface area contributed by atoms with Crippen molar-refractivity contribution in [1.82, 2.24) is 9.97 Å². The Morgan fingerprint density at radius 2 is 1.27 bits per heavy atom. The molecule has 4 aromatic rings. The summed E-state index contributed by atoms with van der Waals surface area (Å²) in [5, 5.41) is 0. The van der Waals surface area contributed by atoms with Crippen molar-refractivity contribution in [2.24, 2.45) is 0 Å². The predicted molar refractivity (Wildman–Crippen MR) is 123 cm³/mol. The van der Waals surface area contributed by atoms with Gasteiger partial charge in [-0.05, 0) is 24.3 Å². The fourth-order valence-corrected chi connectivity index (χ4v) is 8.96. The van der Waals surface area contributed by atoms with E-state index in [9.17, 15) is 8.42 Å². The minimum atomic E-state index is -3.66. The van der Waals surface area contributed by atoms with Crippen molar-refractivity contribution in [2.75, 3.05) is 0 Å². The van der Waals surface area contributed by atoms with Gasteiger partial charge in [0.2, 0.25) is 9.84 Å². The Bertz CT molecular complexity index is 1340. The Morgan fingerprint density at radius 3 is 1.87 bits per heavy atom. The summed E-state index contributed by atoms with van der Waals surface area (Å²) >= 11 is 7.09. The van der Waals surface area contributed by atoms with Gasteiger partial charge in [0, 0.05) is 75.2 Å². The Morgan fingerprint density at radius 1 is 0.700 bits per heavy atom. The van der Waals surface area contributed by atoms with E-state index in [1.54, 1.807) is 36.9 Å². The second-order valence-electron chi connectivity index (χ2n) is 6.60. The van der Waals surface area contributed by atoms with Gasteiger partial charge in [-0.15, -0.1) is 0 Å². The van der Waals surface area contributed by atoms with Crippen LogP contribution in [0.1, 0.15) is 0 Å². The van der Waals surface area contributed by atoms with Crippen LogP contribution in [0.25, 0.3) is 11.1 Å². The number of aromatic nitrogens is 2. The predicted octanol–water partition coefficient (Wildman–Crippen LogP) is 5.91. The van der Waals surface area contributed by atoms with Crippen molar-refractivity contribution in [2.45, 2.75) is 24.5 Å². The molecule has 148 valence electrons. The summed E-state index contributed by atoms with van der Waals surface area (Å²) in [6.45, 7) is 0. The van der Waals surface area contributed by atoms with Crippen LogP contribution in [0.3, 0.4) is 0 Å². The van der Waals surface area contributed by atoms with Crippen LogP contribution in [-0.2, 0) is 20.7 Å². The van der Waals surface area contributed by atoms with Gasteiger partial charge in [0.25, 0.3) is 0 Å². The largest absolute Gasteiger partial charge is 0.264 e. The molecule has 0 saturated carbocycles. The molecule has 2 aromatic carbocycles. The zero-order valence-electron chi connectivity index (χ0n) is 15.3. The number of hydrogen-bond donors (Lipinski definition) is 0. The molecule has 0 N–H and O–H groups in total. The van der Waals surface area contributed by atoms with Crippen LogP contribution in [0, 0.1) is 0 Å². The Hall–Kier alpha value is -2.00. The number of nitrogens with zero attached hydrogens (tertiary/aromatic N) is 2. The fourth-order valence-electron chi connectivity index (χ4n) is 3.59. The Labute approximate surface area is 193 Å². The van der Waals surface area contributed by atoms with Crippen LogP contribution < -0.4 is 0 Å². The molecule has 0 unspecified atom stereocenters. The van der Waals surface area contributed by atoms with Crippen LogP contribution in [0.2, 0.25) is 0 Å². The third kappa shape index (κ3) is 3.22. The topological polar surface area (TPSA) is 59.9 Å². The summed E-state index contributed by atoms with van der Waals surface area (Å²) in [5.41, 5.74) is 1.44. The van der Waals surface area contributed by atoms with Gasteiger partial charge >= 0.3 is 0 Å². The summed E-state index contributed by atoms with van der Waals surface area (Å²) in [5.74, 6) is 0. The normalized spacial score (nSPS) is 13.8. The first-order valence-corrected chi connectivity index (χ1v) is 13.2. The van der Waals surface area contributed by atoms with Gasteiger partial charge < -0.3 is 0 Å². The molecule has 3 heterocycles. The molecule has 0 fully saturated rings. The molecular formula is C22H13Br2N2O2S2+. The van der Waals surface area contributed by atoms with Gasteiger partial charge in [0.05, 0.1) is 4.90 Å². The lowest BCUT2D eigenvalue weighted by molar-refractivity contribution is 0.597. The van der Waals surface area contributed by atoms with Crippen molar-refractivity contribution in [3.05, 3.63) is 88.3 Å². The van der Waals surface area contributed by atoms with E-state index < -0.39 is 20.7 Å². The van der Waals surface area contributed by atoms with Crippen LogP contribution in [-0.4, -0.2) is 18.4 Å². The molecule has 4 nitrogen and oxygen atoms in total. The molecule has 8 heteroatoms. The first-order chi connectivity index (χ1) is 14.5. The summed E-state index contributed by atoms with van der Waals surface area (Å²) in [7, 11) is -4.30. The lowest BCUT2D eigenvalue weighted by atomic mass is 10.1. The van der Waals surface area contributed by atoms with E-state index >= 15 is 0 Å². The van der Waals surface area contributed by atoms with Gasteiger partial charge in [-0.1, -0.05) is 31.9 Å². The molecule has 0 spiro atoms. The van der Waals surface area contributed by atoms with Crippen molar-refractivity contribution in [3.63, 3.8) is 0 Å². The average Bonchev–Trinajstić information content (AvgIpc) is 2.96. The quantitative estimate of drug-likeness (QED) is 0.257. The van der Waals surface area contributed by atoms with E-state index in [-0.39, 0.29) is 0 Å². The van der Waals surface area contributed by atoms with Crippen LogP contribution in [0.5, 0.6) is 0 Å². The number of rotatable bonds is 3. The Kier molecular flexibility index (Phi) is 5.05. The monoisotopic (exact) mass is 559 g/mol. The van der Waals surface area contributed by atoms with E-state index in [0.29, 0.717) is 9.79 Å². The number of pyridine rings is 2. The molecule has 30 heavy (non-hydrogen) atoms. The first kappa shape index (κ1) is 19.9. The number of sulfone groups is 1. The molecule has 2 aromatic heterocycles. The highest BCUT2D eigenvalue weighted by Gasteiger charge is 2.43. The van der Waals surface area contributed by atoms with Gasteiger partial charge in [-0.2, -0.15) is 0 Å². The Balaban J connectivity index is 1.86. The second kappa shape index (κ2) is 7.60. The van der Waals surface area contributed by atoms with Gasteiger partial charge in [-0.3, -0.25) is 9.97 Å². The molecule has 0 amide bonds. The first-order valence-electron chi connectivity index (χ1n) is 8.90. The third-order valence-electron chi connectivity index (χ3n) is 4.80. The van der Waals surface area contributed by atoms with Gasteiger partial charge in [-0.25, -0.2) is 8.42 Å². The van der Waals surface area contributed by atoms with E-state index in [0.717, 1.165) is 34.8 Å². The average molecular weight is 561 g/mol. The number of fused-ring (bicyclic) bond motifs is 3. The maximum atomic E-state index is 13.6. The summed E-state index contributed by atoms with van der Waals surface area (Å²) in [6.07, 6.45) is 6.92. The molecule has 0 aliphatic carbocycles. The van der Waals surface area contributed by atoms with Crippen LogP contribution >= 0.6 is 31.9 Å². The SMILES string of the molecule is O=S1(=O)c2ccc(Br)cc2-c2cc(Br)cc([S+](c3ccncc3)c3ccncc3)c21. The fraction of sp³-hybridized carbons (Fsp3) is 0. The zero-order valence-corrected chi connectivity index (χ0v) is 20.1. The van der Waals surface area contributed by atoms with Crippen molar-refractivity contribution < 1.29 is 8.42 Å². The summed E-state index contributed by atoms with van der Waals surface area (Å²) in [6, 6.07) is 16.8. The number of benzene rings is 2. The highest BCUT2D eigenvalue weighted by Crippen LogP contribution is 2.50. The van der Waals surface area contributed by atoms with Crippen LogP contribution in [0.15, 0.2) is 113 Å². The lowest BCUT2D eigenvalue weighted by Crippen LogP contribution is -2.10. The van der Waals surface area contributed by atoms with Gasteiger partial charge in [0.1, 0.15) is 15.8 Å².